The van der Waals surface area contributed by atoms with Crippen molar-refractivity contribution in [3.63, 3.8) is 0 Å². The number of aliphatic carboxylic acids is 1. The van der Waals surface area contributed by atoms with Gasteiger partial charge in [0.15, 0.2) is 17.3 Å². The number of pyridine rings is 1. The van der Waals surface area contributed by atoms with Crippen LogP contribution in [0.25, 0.3) is 33.7 Å². The normalized spacial score (nSPS) is 23.0. The van der Waals surface area contributed by atoms with Crippen LogP contribution in [-0.2, 0) is 4.79 Å². The van der Waals surface area contributed by atoms with Gasteiger partial charge in [0.2, 0.25) is 0 Å². The van der Waals surface area contributed by atoms with Gasteiger partial charge in [0, 0.05) is 17.8 Å². The minimum atomic E-state index is -0.899. The van der Waals surface area contributed by atoms with Crippen LogP contribution in [-0.4, -0.2) is 37.1 Å². The fraction of sp³-hybridized carbons (Fsp3) is 0.320. The number of rotatable bonds is 5. The van der Waals surface area contributed by atoms with E-state index in [1.807, 2.05) is 0 Å². The SMILES string of the molecule is N#Cc1c(-c2c[nH]c3ncc(Cl)nc23)nc(NC2C3CCC(CC3)[C@H]2C(=O)O)c(F)c1-c1ccco1. The number of hydrogen-bond acceptors (Lipinski definition) is 7. The largest absolute Gasteiger partial charge is 0.481 e. The predicted molar refractivity (Wildman–Crippen MR) is 128 cm³/mol. The lowest BCUT2D eigenvalue weighted by molar-refractivity contribution is -0.148. The summed E-state index contributed by atoms with van der Waals surface area (Å²) in [5.74, 6) is -2.20. The Balaban J connectivity index is 1.56. The second-order valence-electron chi connectivity index (χ2n) is 9.26. The number of carboxylic acids is 1. The van der Waals surface area contributed by atoms with Gasteiger partial charge in [0.25, 0.3) is 0 Å². The van der Waals surface area contributed by atoms with E-state index in [1.165, 1.54) is 12.5 Å². The molecule has 3 fully saturated rings. The average molecular weight is 507 g/mol. The van der Waals surface area contributed by atoms with Crippen LogP contribution in [0, 0.1) is 34.9 Å². The van der Waals surface area contributed by atoms with Crippen molar-refractivity contribution >= 4 is 34.6 Å². The number of aromatic amines is 1. The third-order valence-electron chi connectivity index (χ3n) is 7.43. The molecular weight excluding hydrogens is 487 g/mol. The van der Waals surface area contributed by atoms with E-state index in [0.717, 1.165) is 25.7 Å². The lowest BCUT2D eigenvalue weighted by atomic mass is 9.61. The average Bonchev–Trinajstić information content (AvgIpc) is 3.55. The number of aromatic nitrogens is 4. The van der Waals surface area contributed by atoms with Crippen molar-refractivity contribution in [2.24, 2.45) is 17.8 Å². The van der Waals surface area contributed by atoms with E-state index in [0.29, 0.717) is 16.7 Å². The van der Waals surface area contributed by atoms with Crippen molar-refractivity contribution in [2.45, 2.75) is 31.7 Å². The van der Waals surface area contributed by atoms with E-state index >= 15 is 4.39 Å². The van der Waals surface area contributed by atoms with Crippen LogP contribution in [0.2, 0.25) is 5.15 Å². The standard InChI is InChI=1S/C25H20ClFN6O3/c26-16-10-30-24-22(31-16)14(9-29-24)21-13(8-28)18(15-2-1-7-36-15)19(27)23(33-21)32-20-12-5-3-11(4-6-12)17(20)25(34)35/h1-2,7,9-12,17,20H,3-6H2,(H,29,30)(H,32,33)(H,34,35)/t11?,12?,17-,20?/m1/s1. The van der Waals surface area contributed by atoms with Gasteiger partial charge in [-0.1, -0.05) is 11.6 Å². The molecule has 0 spiro atoms. The molecule has 4 heterocycles. The molecule has 4 aromatic rings. The van der Waals surface area contributed by atoms with Gasteiger partial charge >= 0.3 is 5.97 Å². The van der Waals surface area contributed by atoms with E-state index in [9.17, 15) is 15.2 Å². The first-order chi connectivity index (χ1) is 17.5. The van der Waals surface area contributed by atoms with Gasteiger partial charge in [0.05, 0.1) is 35.2 Å². The molecule has 0 saturated heterocycles. The van der Waals surface area contributed by atoms with Crippen molar-refractivity contribution < 1.29 is 18.7 Å². The van der Waals surface area contributed by atoms with E-state index < -0.39 is 23.7 Å². The Hall–Kier alpha value is -3.97. The minimum absolute atomic E-state index is 0.0292. The first-order valence-corrected chi connectivity index (χ1v) is 12.0. The Morgan fingerprint density at radius 1 is 1.28 bits per heavy atom. The first kappa shape index (κ1) is 22.5. The molecule has 1 unspecified atom stereocenters. The number of nitrogens with zero attached hydrogens (tertiary/aromatic N) is 4. The van der Waals surface area contributed by atoms with E-state index in [2.05, 4.69) is 31.3 Å². The maximum atomic E-state index is 16.1. The molecule has 0 aliphatic heterocycles. The zero-order valence-corrected chi connectivity index (χ0v) is 19.6. The summed E-state index contributed by atoms with van der Waals surface area (Å²) in [5.41, 5.74) is 1.25. The van der Waals surface area contributed by atoms with Gasteiger partial charge in [-0.15, -0.1) is 0 Å². The Morgan fingerprint density at radius 2 is 2.06 bits per heavy atom. The molecule has 3 N–H and O–H groups in total. The minimum Gasteiger partial charge on any atom is -0.481 e. The van der Waals surface area contributed by atoms with Gasteiger partial charge in [-0.3, -0.25) is 4.79 Å². The molecule has 9 nitrogen and oxygen atoms in total. The number of nitrogens with one attached hydrogen (secondary N) is 2. The molecule has 36 heavy (non-hydrogen) atoms. The Morgan fingerprint density at radius 3 is 2.75 bits per heavy atom. The molecule has 3 saturated carbocycles. The number of halogens is 2. The molecule has 11 heteroatoms. The molecule has 182 valence electrons. The Kier molecular flexibility index (Phi) is 5.38. The van der Waals surface area contributed by atoms with Crippen molar-refractivity contribution in [3.8, 4) is 28.7 Å². The Labute approximate surface area is 209 Å². The lowest BCUT2D eigenvalue weighted by Gasteiger charge is -2.47. The number of H-pyrrole nitrogens is 1. The second kappa shape index (κ2) is 8.60. The highest BCUT2D eigenvalue weighted by molar-refractivity contribution is 6.29. The topological polar surface area (TPSA) is 141 Å². The maximum Gasteiger partial charge on any atom is 0.308 e. The van der Waals surface area contributed by atoms with Gasteiger partial charge in [0.1, 0.15) is 22.5 Å². The van der Waals surface area contributed by atoms with E-state index in [-0.39, 0.29) is 45.4 Å². The number of anilines is 1. The van der Waals surface area contributed by atoms with Gasteiger partial charge in [-0.05, 0) is 49.7 Å². The highest BCUT2D eigenvalue weighted by atomic mass is 35.5. The molecule has 0 amide bonds. The summed E-state index contributed by atoms with van der Waals surface area (Å²) in [6, 6.07) is 4.73. The molecular formula is C25H20ClFN6O3. The van der Waals surface area contributed by atoms with Crippen LogP contribution < -0.4 is 5.32 Å². The number of furan rings is 1. The monoisotopic (exact) mass is 506 g/mol. The molecule has 4 aromatic heterocycles. The third kappa shape index (κ3) is 3.50. The van der Waals surface area contributed by atoms with Crippen molar-refractivity contribution in [1.29, 1.82) is 5.26 Å². The number of fused-ring (bicyclic) bond motifs is 4. The van der Waals surface area contributed by atoms with Crippen molar-refractivity contribution in [1.82, 2.24) is 19.9 Å². The molecule has 2 bridgehead atoms. The quantitative estimate of drug-likeness (QED) is 0.333. The molecule has 7 rings (SSSR count). The number of hydrogen-bond donors (Lipinski definition) is 3. The number of carbonyl (C=O) groups is 1. The summed E-state index contributed by atoms with van der Waals surface area (Å²) in [5, 5.41) is 23.3. The summed E-state index contributed by atoms with van der Waals surface area (Å²) in [6.07, 6.45) is 7.80. The molecule has 3 aliphatic rings. The Bertz CT molecular complexity index is 1520. The third-order valence-corrected chi connectivity index (χ3v) is 7.61. The fourth-order valence-electron chi connectivity index (χ4n) is 5.84. The molecule has 0 aromatic carbocycles. The maximum absolute atomic E-state index is 16.1. The van der Waals surface area contributed by atoms with Crippen LogP contribution in [0.1, 0.15) is 31.2 Å². The highest BCUT2D eigenvalue weighted by Crippen LogP contribution is 2.47. The zero-order chi connectivity index (χ0) is 25.0. The smallest absolute Gasteiger partial charge is 0.308 e. The summed E-state index contributed by atoms with van der Waals surface area (Å²) in [7, 11) is 0. The first-order valence-electron chi connectivity index (χ1n) is 11.6. The molecule has 3 aliphatic carbocycles. The fourth-order valence-corrected chi connectivity index (χ4v) is 5.97. The predicted octanol–water partition coefficient (Wildman–Crippen LogP) is 5.25. The van der Waals surface area contributed by atoms with Crippen LogP contribution in [0.5, 0.6) is 0 Å². The van der Waals surface area contributed by atoms with E-state index in [4.69, 9.17) is 16.0 Å². The van der Waals surface area contributed by atoms with E-state index in [1.54, 1.807) is 18.3 Å². The summed E-state index contributed by atoms with van der Waals surface area (Å²) in [6.45, 7) is 0. The van der Waals surface area contributed by atoms with Crippen LogP contribution in [0.15, 0.2) is 35.2 Å². The number of carboxylic acid groups (broad SMARTS) is 1. The van der Waals surface area contributed by atoms with Gasteiger partial charge in [-0.2, -0.15) is 5.26 Å². The summed E-state index contributed by atoms with van der Waals surface area (Å²) >= 11 is 6.07. The van der Waals surface area contributed by atoms with Crippen LogP contribution >= 0.6 is 11.6 Å². The van der Waals surface area contributed by atoms with Gasteiger partial charge < -0.3 is 19.8 Å². The van der Waals surface area contributed by atoms with Gasteiger partial charge in [-0.25, -0.2) is 19.3 Å². The van der Waals surface area contributed by atoms with Crippen molar-refractivity contribution in [2.75, 3.05) is 5.32 Å². The van der Waals surface area contributed by atoms with Crippen LogP contribution in [0.3, 0.4) is 0 Å². The zero-order valence-electron chi connectivity index (χ0n) is 18.8. The molecule has 0 radical (unpaired) electrons. The lowest BCUT2D eigenvalue weighted by Crippen LogP contribution is -2.51. The molecule has 2 atom stereocenters. The summed E-state index contributed by atoms with van der Waals surface area (Å²) < 4.78 is 21.5. The summed E-state index contributed by atoms with van der Waals surface area (Å²) in [4.78, 5) is 28.2. The highest BCUT2D eigenvalue weighted by Gasteiger charge is 2.47. The second-order valence-corrected chi connectivity index (χ2v) is 9.65. The van der Waals surface area contributed by atoms with Crippen molar-refractivity contribution in [3.05, 3.63) is 47.3 Å². The van der Waals surface area contributed by atoms with Crippen LogP contribution in [0.4, 0.5) is 10.2 Å². The number of nitriles is 1.